The van der Waals surface area contributed by atoms with E-state index in [1.165, 1.54) is 31.2 Å². The second kappa shape index (κ2) is 4.38. The highest BCUT2D eigenvalue weighted by molar-refractivity contribution is 6.00. The van der Waals surface area contributed by atoms with E-state index in [4.69, 9.17) is 4.74 Å². The molecule has 1 atom stereocenters. The van der Waals surface area contributed by atoms with E-state index in [0.29, 0.717) is 0 Å². The van der Waals surface area contributed by atoms with Crippen molar-refractivity contribution in [2.24, 2.45) is 0 Å². The quantitative estimate of drug-likeness (QED) is 0.756. The van der Waals surface area contributed by atoms with Gasteiger partial charge in [0.15, 0.2) is 5.78 Å². The number of nitrogens with zero attached hydrogens (tertiary/aromatic N) is 1. The molecule has 1 aliphatic carbocycles. The maximum Gasteiger partial charge on any atom is 0.416 e. The number of ketones is 1. The fraction of sp³-hybridized carbons (Fsp3) is 0.417. The number of ether oxygens (including phenoxy) is 1. The van der Waals surface area contributed by atoms with Crippen LogP contribution in [0.15, 0.2) is 24.3 Å². The zero-order chi connectivity index (χ0) is 13.3. The molecule has 6 heteroatoms. The molecule has 0 unspecified atom stereocenters. The lowest BCUT2D eigenvalue weighted by Crippen LogP contribution is -2.42. The molecule has 1 aliphatic heterocycles. The van der Waals surface area contributed by atoms with Gasteiger partial charge in [-0.2, -0.15) is 0 Å². The van der Waals surface area contributed by atoms with E-state index in [0.717, 1.165) is 4.90 Å². The summed E-state index contributed by atoms with van der Waals surface area (Å²) in [6.45, 7) is 1.32. The van der Waals surface area contributed by atoms with E-state index < -0.39 is 23.6 Å². The summed E-state index contributed by atoms with van der Waals surface area (Å²) in [6, 6.07) is -0.525. The standard InChI is InChI=1S/C12H13NO5/c1-8(14)13-9(7-18-11(13)16)6-12(17)4-2-10(15)3-5-12/h2-5,9,17H,6-7H2,1H3/t9-/m0/s1. The number of carbonyl (C=O) groups is 3. The summed E-state index contributed by atoms with van der Waals surface area (Å²) in [5.74, 6) is -0.632. The number of rotatable bonds is 2. The van der Waals surface area contributed by atoms with Gasteiger partial charge >= 0.3 is 6.09 Å². The van der Waals surface area contributed by atoms with Crippen LogP contribution in [0.25, 0.3) is 0 Å². The second-order valence-electron chi connectivity index (χ2n) is 4.38. The van der Waals surface area contributed by atoms with Gasteiger partial charge in [0.2, 0.25) is 5.91 Å². The van der Waals surface area contributed by atoms with Crippen molar-refractivity contribution < 1.29 is 24.2 Å². The number of cyclic esters (lactones) is 1. The summed E-state index contributed by atoms with van der Waals surface area (Å²) in [5.41, 5.74) is -1.33. The molecule has 0 spiro atoms. The van der Waals surface area contributed by atoms with E-state index in [1.807, 2.05) is 0 Å². The highest BCUT2D eigenvalue weighted by Gasteiger charge is 2.40. The molecule has 1 heterocycles. The third-order valence-corrected chi connectivity index (χ3v) is 2.94. The van der Waals surface area contributed by atoms with Gasteiger partial charge in [-0.05, 0) is 24.3 Å². The zero-order valence-electron chi connectivity index (χ0n) is 9.83. The number of allylic oxidation sites excluding steroid dienone is 2. The number of hydrogen-bond acceptors (Lipinski definition) is 5. The highest BCUT2D eigenvalue weighted by Crippen LogP contribution is 2.26. The molecule has 96 valence electrons. The Morgan fingerprint density at radius 3 is 2.67 bits per heavy atom. The topological polar surface area (TPSA) is 83.9 Å². The molecule has 0 saturated carbocycles. The molecule has 0 aromatic rings. The van der Waals surface area contributed by atoms with Crippen LogP contribution in [-0.4, -0.2) is 46.0 Å². The van der Waals surface area contributed by atoms with E-state index in [2.05, 4.69) is 0 Å². The first-order chi connectivity index (χ1) is 8.41. The molecular formula is C12H13NO5. The molecule has 2 rings (SSSR count). The molecule has 18 heavy (non-hydrogen) atoms. The van der Waals surface area contributed by atoms with Crippen LogP contribution in [0.1, 0.15) is 13.3 Å². The van der Waals surface area contributed by atoms with Gasteiger partial charge in [-0.1, -0.05) is 0 Å². The Balaban J connectivity index is 2.12. The number of hydrogen-bond donors (Lipinski definition) is 1. The molecule has 6 nitrogen and oxygen atoms in total. The van der Waals surface area contributed by atoms with Gasteiger partial charge in [0.1, 0.15) is 12.2 Å². The molecule has 2 amide bonds. The number of carbonyl (C=O) groups excluding carboxylic acids is 3. The SMILES string of the molecule is CC(=O)N1C(=O)OC[C@@H]1CC1(O)C=CC(=O)C=C1. The van der Waals surface area contributed by atoms with Gasteiger partial charge in [-0.15, -0.1) is 0 Å². The molecule has 1 N–H and O–H groups in total. The van der Waals surface area contributed by atoms with E-state index >= 15 is 0 Å². The van der Waals surface area contributed by atoms with Crippen LogP contribution in [0, 0.1) is 0 Å². The van der Waals surface area contributed by atoms with Crippen molar-refractivity contribution in [2.75, 3.05) is 6.61 Å². The summed E-state index contributed by atoms with van der Waals surface area (Å²) < 4.78 is 4.79. The summed E-state index contributed by atoms with van der Waals surface area (Å²) in [5, 5.41) is 10.2. The van der Waals surface area contributed by atoms with Crippen molar-refractivity contribution in [1.82, 2.24) is 4.90 Å². The van der Waals surface area contributed by atoms with Crippen LogP contribution in [-0.2, 0) is 14.3 Å². The fourth-order valence-corrected chi connectivity index (χ4v) is 2.07. The first-order valence-electron chi connectivity index (χ1n) is 5.53. The Labute approximate surface area is 104 Å². The molecule has 0 aromatic carbocycles. The van der Waals surface area contributed by atoms with Crippen LogP contribution in [0.5, 0.6) is 0 Å². The van der Waals surface area contributed by atoms with Crippen molar-refractivity contribution in [3.63, 3.8) is 0 Å². The normalized spacial score (nSPS) is 25.4. The average Bonchev–Trinajstić information content (AvgIpc) is 2.64. The molecule has 0 bridgehead atoms. The van der Waals surface area contributed by atoms with Gasteiger partial charge in [0, 0.05) is 13.3 Å². The van der Waals surface area contributed by atoms with Crippen molar-refractivity contribution in [3.05, 3.63) is 24.3 Å². The minimum Gasteiger partial charge on any atom is -0.447 e. The average molecular weight is 251 g/mol. The van der Waals surface area contributed by atoms with Gasteiger partial charge in [0.05, 0.1) is 6.04 Å². The van der Waals surface area contributed by atoms with Gasteiger partial charge < -0.3 is 9.84 Å². The predicted octanol–water partition coefficient (Wildman–Crippen LogP) is 0.170. The van der Waals surface area contributed by atoms with Gasteiger partial charge in [-0.3, -0.25) is 9.59 Å². The summed E-state index contributed by atoms with van der Waals surface area (Å²) in [4.78, 5) is 34.6. The van der Waals surface area contributed by atoms with Crippen molar-refractivity contribution in [2.45, 2.75) is 25.0 Å². The third kappa shape index (κ3) is 2.33. The van der Waals surface area contributed by atoms with Crippen molar-refractivity contribution in [1.29, 1.82) is 0 Å². The van der Waals surface area contributed by atoms with Crippen LogP contribution in [0.2, 0.25) is 0 Å². The lowest BCUT2D eigenvalue weighted by atomic mass is 9.90. The predicted molar refractivity (Wildman–Crippen MR) is 60.5 cm³/mol. The minimum absolute atomic E-state index is 0.0519. The van der Waals surface area contributed by atoms with Crippen molar-refractivity contribution in [3.8, 4) is 0 Å². The first kappa shape index (κ1) is 12.5. The van der Waals surface area contributed by atoms with E-state index in [1.54, 1.807) is 0 Å². The lowest BCUT2D eigenvalue weighted by Gasteiger charge is -2.27. The highest BCUT2D eigenvalue weighted by atomic mass is 16.6. The maximum absolute atomic E-state index is 11.3. The number of aliphatic hydroxyl groups is 1. The molecule has 0 aromatic heterocycles. The molecular weight excluding hydrogens is 238 g/mol. The van der Waals surface area contributed by atoms with Gasteiger partial charge in [0.25, 0.3) is 0 Å². The molecule has 0 radical (unpaired) electrons. The fourth-order valence-electron chi connectivity index (χ4n) is 2.07. The van der Waals surface area contributed by atoms with Crippen LogP contribution in [0.3, 0.4) is 0 Å². The Kier molecular flexibility index (Phi) is 3.04. The van der Waals surface area contributed by atoms with Crippen molar-refractivity contribution >= 4 is 17.8 Å². The molecule has 1 saturated heterocycles. The minimum atomic E-state index is -1.33. The monoisotopic (exact) mass is 251 g/mol. The van der Waals surface area contributed by atoms with Crippen LogP contribution < -0.4 is 0 Å². The number of imide groups is 1. The molecule has 2 aliphatic rings. The smallest absolute Gasteiger partial charge is 0.416 e. The zero-order valence-corrected chi connectivity index (χ0v) is 9.83. The maximum atomic E-state index is 11.3. The largest absolute Gasteiger partial charge is 0.447 e. The number of amides is 2. The summed E-state index contributed by atoms with van der Waals surface area (Å²) in [6.07, 6.45) is 4.65. The Hall–Kier alpha value is -1.95. The van der Waals surface area contributed by atoms with Crippen LogP contribution >= 0.6 is 0 Å². The summed E-state index contributed by atoms with van der Waals surface area (Å²) in [7, 11) is 0. The first-order valence-corrected chi connectivity index (χ1v) is 5.53. The lowest BCUT2D eigenvalue weighted by molar-refractivity contribution is -0.127. The molecule has 1 fully saturated rings. The van der Waals surface area contributed by atoms with E-state index in [9.17, 15) is 19.5 Å². The Bertz CT molecular complexity index is 449. The Morgan fingerprint density at radius 1 is 1.50 bits per heavy atom. The third-order valence-electron chi connectivity index (χ3n) is 2.94. The Morgan fingerprint density at radius 2 is 2.11 bits per heavy atom. The van der Waals surface area contributed by atoms with E-state index in [-0.39, 0.29) is 18.8 Å². The second-order valence-corrected chi connectivity index (χ2v) is 4.38. The van der Waals surface area contributed by atoms with Gasteiger partial charge in [-0.25, -0.2) is 9.69 Å². The van der Waals surface area contributed by atoms with Crippen LogP contribution in [0.4, 0.5) is 4.79 Å². The summed E-state index contributed by atoms with van der Waals surface area (Å²) >= 11 is 0.